The van der Waals surface area contributed by atoms with Crippen molar-refractivity contribution in [3.05, 3.63) is 69.5 Å². The Hall–Kier alpha value is -2.43. The van der Waals surface area contributed by atoms with E-state index >= 15 is 0 Å². The second-order valence-electron chi connectivity index (χ2n) is 6.37. The van der Waals surface area contributed by atoms with Crippen LogP contribution in [0, 0.1) is 21.3 Å². The summed E-state index contributed by atoms with van der Waals surface area (Å²) in [7, 11) is 0. The highest BCUT2D eigenvalue weighted by Gasteiger charge is 2.36. The van der Waals surface area contributed by atoms with Gasteiger partial charge in [-0.3, -0.25) is 10.1 Å². The van der Waals surface area contributed by atoms with Crippen LogP contribution in [-0.2, 0) is 6.42 Å². The fourth-order valence-corrected chi connectivity index (χ4v) is 3.14. The van der Waals surface area contributed by atoms with E-state index in [4.69, 9.17) is 0 Å². The Bertz CT molecular complexity index is 743. The van der Waals surface area contributed by atoms with Gasteiger partial charge in [0.25, 0.3) is 0 Å². The number of halogens is 1. The minimum Gasteiger partial charge on any atom is -0.377 e. The van der Waals surface area contributed by atoms with Gasteiger partial charge in [0.15, 0.2) is 0 Å². The first-order valence-corrected chi connectivity index (χ1v) is 7.17. The van der Waals surface area contributed by atoms with Crippen LogP contribution in [0.15, 0.2) is 42.5 Å². The van der Waals surface area contributed by atoms with E-state index in [1.54, 1.807) is 6.07 Å². The van der Waals surface area contributed by atoms with E-state index in [1.807, 2.05) is 18.2 Å². The Morgan fingerprint density at radius 3 is 2.73 bits per heavy atom. The minimum atomic E-state index is -0.803. The fourth-order valence-electron chi connectivity index (χ4n) is 3.14. The van der Waals surface area contributed by atoms with Gasteiger partial charge in [-0.2, -0.15) is 4.39 Å². The summed E-state index contributed by atoms with van der Waals surface area (Å²) in [5.74, 6) is -0.803. The van der Waals surface area contributed by atoms with Crippen molar-refractivity contribution < 1.29 is 9.31 Å². The monoisotopic (exact) mass is 300 g/mol. The number of hydrogen-bond donors (Lipinski definition) is 1. The van der Waals surface area contributed by atoms with Gasteiger partial charge < -0.3 is 5.32 Å². The molecular formula is C17H17FN2O2. The molecule has 22 heavy (non-hydrogen) atoms. The number of nitro benzene ring substituents is 1. The summed E-state index contributed by atoms with van der Waals surface area (Å²) >= 11 is 0. The molecular weight excluding hydrogens is 283 g/mol. The second kappa shape index (κ2) is 5.09. The largest absolute Gasteiger partial charge is 0.377 e. The number of benzene rings is 2. The topological polar surface area (TPSA) is 55.2 Å². The first-order valence-electron chi connectivity index (χ1n) is 7.17. The minimum absolute atomic E-state index is 0.110. The van der Waals surface area contributed by atoms with Crippen molar-refractivity contribution in [1.82, 2.24) is 0 Å². The molecule has 0 saturated carbocycles. The number of nitrogens with one attached hydrogen (secondary N) is 1. The third kappa shape index (κ3) is 2.43. The lowest BCUT2D eigenvalue weighted by Gasteiger charge is -2.41. The van der Waals surface area contributed by atoms with Gasteiger partial charge >= 0.3 is 5.69 Å². The average molecular weight is 300 g/mol. The molecule has 1 aliphatic rings. The molecule has 5 heteroatoms. The van der Waals surface area contributed by atoms with Gasteiger partial charge in [-0.25, -0.2) is 0 Å². The number of anilines is 1. The van der Waals surface area contributed by atoms with Crippen molar-refractivity contribution in [2.45, 2.75) is 26.3 Å². The quantitative estimate of drug-likeness (QED) is 0.657. The molecule has 0 bridgehead atoms. The third-order valence-electron chi connectivity index (χ3n) is 4.24. The molecule has 1 unspecified atom stereocenters. The molecule has 0 saturated heterocycles. The molecule has 1 atom stereocenters. The van der Waals surface area contributed by atoms with E-state index in [9.17, 15) is 14.5 Å². The van der Waals surface area contributed by atoms with Crippen LogP contribution in [0.2, 0.25) is 0 Å². The fraction of sp³-hybridized carbons (Fsp3) is 0.294. The van der Waals surface area contributed by atoms with E-state index in [-0.39, 0.29) is 11.5 Å². The predicted octanol–water partition coefficient (Wildman–Crippen LogP) is 4.47. The molecule has 0 aliphatic carbocycles. The highest BCUT2D eigenvalue weighted by atomic mass is 19.1. The summed E-state index contributed by atoms with van der Waals surface area (Å²) in [5, 5.41) is 14.4. The number of rotatable bonds is 2. The highest BCUT2D eigenvalue weighted by Crippen LogP contribution is 2.45. The van der Waals surface area contributed by atoms with Crippen molar-refractivity contribution in [2.24, 2.45) is 5.41 Å². The summed E-state index contributed by atoms with van der Waals surface area (Å²) in [6, 6.07) is 12.0. The van der Waals surface area contributed by atoms with E-state index in [1.165, 1.54) is 17.7 Å². The molecule has 114 valence electrons. The molecule has 0 spiro atoms. The van der Waals surface area contributed by atoms with E-state index in [2.05, 4.69) is 25.2 Å². The summed E-state index contributed by atoms with van der Waals surface area (Å²) in [5.41, 5.74) is 2.36. The Labute approximate surface area is 128 Å². The van der Waals surface area contributed by atoms with Gasteiger partial charge in [-0.15, -0.1) is 0 Å². The third-order valence-corrected chi connectivity index (χ3v) is 4.24. The van der Waals surface area contributed by atoms with Gasteiger partial charge in [0, 0.05) is 11.8 Å². The van der Waals surface area contributed by atoms with Gasteiger partial charge in [0.05, 0.1) is 11.0 Å². The standard InChI is InChI=1S/C17H17FN2O2/c1-17(2)10-12-5-3-4-6-14(12)19-16(17)11-7-8-13(18)15(9-11)20(21)22/h3-9,16,19H,10H2,1-2H3. The molecule has 2 aromatic carbocycles. The Balaban J connectivity index is 2.05. The molecule has 1 aliphatic heterocycles. The van der Waals surface area contributed by atoms with Crippen LogP contribution in [0.5, 0.6) is 0 Å². The molecule has 1 N–H and O–H groups in total. The summed E-state index contributed by atoms with van der Waals surface area (Å²) in [6.45, 7) is 4.21. The molecule has 0 amide bonds. The Kier molecular flexibility index (Phi) is 3.35. The van der Waals surface area contributed by atoms with Crippen molar-refractivity contribution >= 4 is 11.4 Å². The van der Waals surface area contributed by atoms with Crippen molar-refractivity contribution in [3.63, 3.8) is 0 Å². The van der Waals surface area contributed by atoms with E-state index < -0.39 is 16.4 Å². The van der Waals surface area contributed by atoms with Crippen LogP contribution in [0.1, 0.15) is 31.0 Å². The zero-order valence-electron chi connectivity index (χ0n) is 12.5. The SMILES string of the molecule is CC1(C)Cc2ccccc2NC1c1ccc(F)c([N+](=O)[O-])c1. The van der Waals surface area contributed by atoms with E-state index in [0.29, 0.717) is 0 Å². The number of nitro groups is 1. The van der Waals surface area contributed by atoms with Crippen LogP contribution in [0.25, 0.3) is 0 Å². The zero-order chi connectivity index (χ0) is 15.9. The van der Waals surface area contributed by atoms with Crippen LogP contribution in [-0.4, -0.2) is 4.92 Å². The molecule has 0 fully saturated rings. The van der Waals surface area contributed by atoms with Crippen LogP contribution >= 0.6 is 0 Å². The first kappa shape index (κ1) is 14.5. The van der Waals surface area contributed by atoms with Gasteiger partial charge in [-0.05, 0) is 35.1 Å². The Morgan fingerprint density at radius 1 is 1.27 bits per heavy atom. The number of para-hydroxylation sites is 1. The van der Waals surface area contributed by atoms with Crippen molar-refractivity contribution in [1.29, 1.82) is 0 Å². The van der Waals surface area contributed by atoms with Crippen LogP contribution < -0.4 is 5.32 Å². The van der Waals surface area contributed by atoms with E-state index in [0.717, 1.165) is 17.7 Å². The molecule has 2 aromatic rings. The average Bonchev–Trinajstić information content (AvgIpc) is 2.46. The lowest BCUT2D eigenvalue weighted by molar-refractivity contribution is -0.387. The lowest BCUT2D eigenvalue weighted by atomic mass is 9.73. The van der Waals surface area contributed by atoms with Crippen LogP contribution in [0.4, 0.5) is 15.8 Å². The van der Waals surface area contributed by atoms with Crippen LogP contribution in [0.3, 0.4) is 0 Å². The Morgan fingerprint density at radius 2 is 2.00 bits per heavy atom. The van der Waals surface area contributed by atoms with Gasteiger partial charge in [0.1, 0.15) is 0 Å². The van der Waals surface area contributed by atoms with Crippen molar-refractivity contribution in [2.75, 3.05) is 5.32 Å². The molecule has 3 rings (SSSR count). The molecule has 1 heterocycles. The number of fused-ring (bicyclic) bond motifs is 1. The van der Waals surface area contributed by atoms with Gasteiger partial charge in [0.2, 0.25) is 5.82 Å². The number of nitrogens with zero attached hydrogens (tertiary/aromatic N) is 1. The molecule has 0 aromatic heterocycles. The maximum Gasteiger partial charge on any atom is 0.305 e. The smallest absolute Gasteiger partial charge is 0.305 e. The summed E-state index contributed by atoms with van der Waals surface area (Å²) in [4.78, 5) is 10.3. The maximum absolute atomic E-state index is 13.6. The second-order valence-corrected chi connectivity index (χ2v) is 6.37. The summed E-state index contributed by atoms with van der Waals surface area (Å²) < 4.78 is 13.6. The van der Waals surface area contributed by atoms with Gasteiger partial charge in [-0.1, -0.05) is 38.1 Å². The summed E-state index contributed by atoms with van der Waals surface area (Å²) in [6.07, 6.45) is 0.853. The maximum atomic E-state index is 13.6. The number of hydrogen-bond acceptors (Lipinski definition) is 3. The lowest BCUT2D eigenvalue weighted by Crippen LogP contribution is -2.34. The first-order chi connectivity index (χ1) is 10.4. The normalized spacial score (nSPS) is 19.1. The molecule has 0 radical (unpaired) electrons. The highest BCUT2D eigenvalue weighted by molar-refractivity contribution is 5.56. The zero-order valence-corrected chi connectivity index (χ0v) is 12.5. The predicted molar refractivity (Wildman–Crippen MR) is 83.3 cm³/mol. The van der Waals surface area contributed by atoms with Crippen molar-refractivity contribution in [3.8, 4) is 0 Å². The molecule has 4 nitrogen and oxygen atoms in total.